The minimum Gasteiger partial charge on any atom is -0.396 e. The molecule has 2 rings (SSSR count). The van der Waals surface area contributed by atoms with Crippen molar-refractivity contribution in [2.24, 2.45) is 10.2 Å². The van der Waals surface area contributed by atoms with E-state index in [-0.39, 0.29) is 0 Å². The number of azo groups is 1. The molecule has 0 atom stereocenters. The molecule has 0 aliphatic heterocycles. The first-order valence-corrected chi connectivity index (χ1v) is 5.64. The molecule has 0 aliphatic rings. The summed E-state index contributed by atoms with van der Waals surface area (Å²) in [6.45, 7) is 0. The van der Waals surface area contributed by atoms with Crippen molar-refractivity contribution in [2.45, 2.75) is 0 Å². The maximum atomic E-state index is 5.89. The maximum Gasteiger partial charge on any atom is 0.0888 e. The van der Waals surface area contributed by atoms with Crippen LogP contribution in [0.2, 0.25) is 10.0 Å². The fourth-order valence-electron chi connectivity index (χ4n) is 1.24. The van der Waals surface area contributed by atoms with E-state index in [1.165, 1.54) is 0 Å². The van der Waals surface area contributed by atoms with Crippen LogP contribution >= 0.6 is 23.2 Å². The van der Waals surface area contributed by atoms with Crippen molar-refractivity contribution in [3.05, 3.63) is 52.5 Å². The first-order chi connectivity index (χ1) is 8.16. The van der Waals surface area contributed by atoms with Gasteiger partial charge < -0.3 is 5.73 Å². The fourth-order valence-corrected chi connectivity index (χ4v) is 1.71. The number of rotatable bonds is 2. The molecule has 0 bridgehead atoms. The molecular formula is C12H9Cl2N3. The van der Waals surface area contributed by atoms with Gasteiger partial charge in [0.2, 0.25) is 0 Å². The molecule has 0 fully saturated rings. The summed E-state index contributed by atoms with van der Waals surface area (Å²) >= 11 is 11.8. The van der Waals surface area contributed by atoms with Crippen molar-refractivity contribution in [3.8, 4) is 0 Å². The van der Waals surface area contributed by atoms with Crippen molar-refractivity contribution >= 4 is 40.3 Å². The Labute approximate surface area is 109 Å². The van der Waals surface area contributed by atoms with Crippen LogP contribution in [0.15, 0.2) is 52.7 Å². The Morgan fingerprint density at radius 1 is 0.824 bits per heavy atom. The van der Waals surface area contributed by atoms with Gasteiger partial charge in [0.05, 0.1) is 27.1 Å². The number of nitrogen functional groups attached to an aromatic ring is 1. The predicted molar refractivity (Wildman–Crippen MR) is 71.5 cm³/mol. The number of nitrogens with zero attached hydrogens (tertiary/aromatic N) is 2. The SMILES string of the molecule is Nc1c(Cl)cc(N=Nc2ccccc2)cc1Cl. The molecule has 0 spiro atoms. The molecule has 2 aromatic carbocycles. The summed E-state index contributed by atoms with van der Waals surface area (Å²) < 4.78 is 0. The second-order valence-corrected chi connectivity index (χ2v) is 4.17. The molecular weight excluding hydrogens is 257 g/mol. The third-order valence-corrected chi connectivity index (χ3v) is 2.73. The Hall–Kier alpha value is -1.58. The van der Waals surface area contributed by atoms with Gasteiger partial charge in [-0.3, -0.25) is 0 Å². The fraction of sp³-hybridized carbons (Fsp3) is 0. The van der Waals surface area contributed by atoms with Crippen LogP contribution in [-0.4, -0.2) is 0 Å². The third kappa shape index (κ3) is 2.96. The monoisotopic (exact) mass is 265 g/mol. The average molecular weight is 266 g/mol. The number of benzene rings is 2. The lowest BCUT2D eigenvalue weighted by Crippen LogP contribution is -1.86. The van der Waals surface area contributed by atoms with Crippen LogP contribution in [0.5, 0.6) is 0 Å². The van der Waals surface area contributed by atoms with Gasteiger partial charge in [-0.25, -0.2) is 0 Å². The van der Waals surface area contributed by atoms with Crippen molar-refractivity contribution in [1.29, 1.82) is 0 Å². The van der Waals surface area contributed by atoms with E-state index in [1.54, 1.807) is 12.1 Å². The Balaban J connectivity index is 2.28. The van der Waals surface area contributed by atoms with Crippen LogP contribution in [0.25, 0.3) is 0 Å². The molecule has 17 heavy (non-hydrogen) atoms. The second-order valence-electron chi connectivity index (χ2n) is 3.36. The highest BCUT2D eigenvalue weighted by molar-refractivity contribution is 6.39. The normalized spacial score (nSPS) is 10.9. The van der Waals surface area contributed by atoms with E-state index in [4.69, 9.17) is 28.9 Å². The number of halogens is 2. The molecule has 3 nitrogen and oxygen atoms in total. The van der Waals surface area contributed by atoms with Gasteiger partial charge in [0.1, 0.15) is 0 Å². The predicted octanol–water partition coefficient (Wildman–Crippen LogP) is 4.99. The zero-order valence-electron chi connectivity index (χ0n) is 8.77. The summed E-state index contributed by atoms with van der Waals surface area (Å²) in [5.74, 6) is 0. The topological polar surface area (TPSA) is 50.7 Å². The van der Waals surface area contributed by atoms with Gasteiger partial charge in [-0.15, -0.1) is 0 Å². The van der Waals surface area contributed by atoms with Crippen LogP contribution in [0.3, 0.4) is 0 Å². The van der Waals surface area contributed by atoms with E-state index in [9.17, 15) is 0 Å². The third-order valence-electron chi connectivity index (χ3n) is 2.10. The van der Waals surface area contributed by atoms with E-state index in [0.29, 0.717) is 21.4 Å². The molecule has 86 valence electrons. The van der Waals surface area contributed by atoms with E-state index in [2.05, 4.69) is 10.2 Å². The largest absolute Gasteiger partial charge is 0.396 e. The standard InChI is InChI=1S/C12H9Cl2N3/c13-10-6-9(7-11(14)12(10)15)17-16-8-4-2-1-3-5-8/h1-7H,15H2. The van der Waals surface area contributed by atoms with Gasteiger partial charge in [-0.2, -0.15) is 10.2 Å². The Bertz CT molecular complexity index is 530. The van der Waals surface area contributed by atoms with E-state index < -0.39 is 0 Å². The molecule has 0 unspecified atom stereocenters. The first-order valence-electron chi connectivity index (χ1n) is 4.88. The van der Waals surface area contributed by atoms with Crippen molar-refractivity contribution in [1.82, 2.24) is 0 Å². The number of hydrogen-bond acceptors (Lipinski definition) is 3. The van der Waals surface area contributed by atoms with Crippen molar-refractivity contribution in [3.63, 3.8) is 0 Å². The van der Waals surface area contributed by atoms with Gasteiger partial charge in [0.15, 0.2) is 0 Å². The van der Waals surface area contributed by atoms with E-state index in [0.717, 1.165) is 5.69 Å². The van der Waals surface area contributed by atoms with Crippen LogP contribution in [0, 0.1) is 0 Å². The van der Waals surface area contributed by atoms with Crippen molar-refractivity contribution in [2.75, 3.05) is 5.73 Å². The summed E-state index contributed by atoms with van der Waals surface area (Å²) in [6.07, 6.45) is 0. The highest BCUT2D eigenvalue weighted by Crippen LogP contribution is 2.33. The Morgan fingerprint density at radius 2 is 1.35 bits per heavy atom. The summed E-state index contributed by atoms with van der Waals surface area (Å²) in [5.41, 5.74) is 7.30. The summed E-state index contributed by atoms with van der Waals surface area (Å²) in [5, 5.41) is 8.84. The number of hydrogen-bond donors (Lipinski definition) is 1. The lowest BCUT2D eigenvalue weighted by molar-refractivity contribution is 1.23. The molecule has 2 aromatic rings. The van der Waals surface area contributed by atoms with E-state index >= 15 is 0 Å². The highest BCUT2D eigenvalue weighted by atomic mass is 35.5. The van der Waals surface area contributed by atoms with Gasteiger partial charge in [-0.05, 0) is 24.3 Å². The molecule has 2 N–H and O–H groups in total. The van der Waals surface area contributed by atoms with Crippen LogP contribution < -0.4 is 5.73 Å². The number of nitrogens with two attached hydrogens (primary N) is 1. The lowest BCUT2D eigenvalue weighted by atomic mass is 10.3. The molecule has 0 saturated carbocycles. The minimum absolute atomic E-state index is 0.354. The lowest BCUT2D eigenvalue weighted by Gasteiger charge is -2.01. The van der Waals surface area contributed by atoms with Gasteiger partial charge >= 0.3 is 0 Å². The minimum atomic E-state index is 0.354. The maximum absolute atomic E-state index is 5.89. The van der Waals surface area contributed by atoms with Gasteiger partial charge in [0, 0.05) is 0 Å². The van der Waals surface area contributed by atoms with Crippen LogP contribution in [0.1, 0.15) is 0 Å². The molecule has 0 amide bonds. The Kier molecular flexibility index (Phi) is 3.61. The quantitative estimate of drug-likeness (QED) is 0.604. The van der Waals surface area contributed by atoms with E-state index in [1.807, 2.05) is 30.3 Å². The van der Waals surface area contributed by atoms with Crippen LogP contribution in [0.4, 0.5) is 17.1 Å². The summed E-state index contributed by atoms with van der Waals surface area (Å²) in [7, 11) is 0. The molecule has 5 heteroatoms. The average Bonchev–Trinajstić information content (AvgIpc) is 2.34. The second kappa shape index (κ2) is 5.17. The molecule has 0 radical (unpaired) electrons. The zero-order chi connectivity index (χ0) is 12.3. The first kappa shape index (κ1) is 11.9. The van der Waals surface area contributed by atoms with Crippen LogP contribution in [-0.2, 0) is 0 Å². The molecule has 0 saturated heterocycles. The molecule has 0 aromatic heterocycles. The molecule has 0 heterocycles. The van der Waals surface area contributed by atoms with Gasteiger partial charge in [-0.1, -0.05) is 41.4 Å². The smallest absolute Gasteiger partial charge is 0.0888 e. The zero-order valence-corrected chi connectivity index (χ0v) is 10.3. The number of anilines is 1. The summed E-state index contributed by atoms with van der Waals surface area (Å²) in [6, 6.07) is 12.6. The van der Waals surface area contributed by atoms with Gasteiger partial charge in [0.25, 0.3) is 0 Å². The summed E-state index contributed by atoms with van der Waals surface area (Å²) in [4.78, 5) is 0. The van der Waals surface area contributed by atoms with Crippen molar-refractivity contribution < 1.29 is 0 Å². The highest BCUT2D eigenvalue weighted by Gasteiger charge is 2.03. The molecule has 0 aliphatic carbocycles. The Morgan fingerprint density at radius 3 is 1.94 bits per heavy atom.